The molecule has 0 bridgehead atoms. The number of fused-ring (bicyclic) bond motifs is 2. The van der Waals surface area contributed by atoms with Crippen molar-refractivity contribution in [1.29, 1.82) is 0 Å². The maximum absolute atomic E-state index is 13.4. The Morgan fingerprint density at radius 1 is 1.00 bits per heavy atom. The van der Waals surface area contributed by atoms with Crippen molar-refractivity contribution in [3.05, 3.63) is 78.6 Å². The van der Waals surface area contributed by atoms with Gasteiger partial charge in [0.05, 0.1) is 35.3 Å². The Labute approximate surface area is 156 Å². The molecule has 6 heteroatoms. The molecule has 0 fully saturated rings. The van der Waals surface area contributed by atoms with Crippen molar-refractivity contribution in [1.82, 2.24) is 24.4 Å². The Hall–Kier alpha value is -3.54. The summed E-state index contributed by atoms with van der Waals surface area (Å²) in [6.07, 6.45) is 7.14. The van der Waals surface area contributed by atoms with Gasteiger partial charge in [0.15, 0.2) is 0 Å². The van der Waals surface area contributed by atoms with Crippen molar-refractivity contribution in [2.24, 2.45) is 0 Å². The highest BCUT2D eigenvalue weighted by Crippen LogP contribution is 2.26. The smallest absolute Gasteiger partial charge is 0.255 e. The van der Waals surface area contributed by atoms with Crippen LogP contribution in [0.1, 0.15) is 16.1 Å². The fourth-order valence-electron chi connectivity index (χ4n) is 3.54. The summed E-state index contributed by atoms with van der Waals surface area (Å²) in [6, 6.07) is 13.5. The molecule has 6 nitrogen and oxygen atoms in total. The zero-order valence-electron chi connectivity index (χ0n) is 14.6. The first-order valence-corrected chi connectivity index (χ1v) is 8.88. The van der Waals surface area contributed by atoms with Crippen LogP contribution in [-0.4, -0.2) is 36.9 Å². The van der Waals surface area contributed by atoms with Crippen LogP contribution in [-0.2, 0) is 13.1 Å². The SMILES string of the molecule is O=C(c1cc(-c2cccnc2)nc2ccccc12)N1CCn2cncc2C1. The topological polar surface area (TPSA) is 63.9 Å². The molecule has 0 unspecified atom stereocenters. The van der Waals surface area contributed by atoms with Gasteiger partial charge >= 0.3 is 0 Å². The number of pyridine rings is 2. The number of hydrogen-bond acceptors (Lipinski definition) is 4. The Bertz CT molecular complexity index is 1140. The molecule has 27 heavy (non-hydrogen) atoms. The fourth-order valence-corrected chi connectivity index (χ4v) is 3.54. The quantitative estimate of drug-likeness (QED) is 0.554. The molecule has 0 atom stereocenters. The zero-order chi connectivity index (χ0) is 18.2. The van der Waals surface area contributed by atoms with E-state index < -0.39 is 0 Å². The van der Waals surface area contributed by atoms with Crippen molar-refractivity contribution in [3.8, 4) is 11.3 Å². The van der Waals surface area contributed by atoms with Crippen LogP contribution in [0.3, 0.4) is 0 Å². The van der Waals surface area contributed by atoms with E-state index in [-0.39, 0.29) is 5.91 Å². The number of imidazole rings is 1. The van der Waals surface area contributed by atoms with Crippen LogP contribution >= 0.6 is 0 Å². The third-order valence-electron chi connectivity index (χ3n) is 4.95. The van der Waals surface area contributed by atoms with Crippen LogP contribution in [0, 0.1) is 0 Å². The van der Waals surface area contributed by atoms with Crippen molar-refractivity contribution in [3.63, 3.8) is 0 Å². The number of hydrogen-bond donors (Lipinski definition) is 0. The predicted octanol–water partition coefficient (Wildman–Crippen LogP) is 3.15. The molecule has 5 rings (SSSR count). The van der Waals surface area contributed by atoms with E-state index in [9.17, 15) is 4.79 Å². The van der Waals surface area contributed by atoms with Gasteiger partial charge in [-0.2, -0.15) is 0 Å². The lowest BCUT2D eigenvalue weighted by atomic mass is 10.0. The van der Waals surface area contributed by atoms with Crippen LogP contribution < -0.4 is 0 Å². The maximum atomic E-state index is 13.4. The standard InChI is InChI=1S/C21H17N5O/c27-21(25-8-9-26-14-23-12-16(26)13-25)18-10-20(15-4-3-7-22-11-15)24-19-6-2-1-5-17(18)19/h1-7,10-12,14H,8-9,13H2. The lowest BCUT2D eigenvalue weighted by Gasteiger charge is -2.28. The van der Waals surface area contributed by atoms with Gasteiger partial charge in [-0.25, -0.2) is 9.97 Å². The van der Waals surface area contributed by atoms with Crippen LogP contribution in [0.5, 0.6) is 0 Å². The second kappa shape index (κ2) is 6.32. The highest BCUT2D eigenvalue weighted by Gasteiger charge is 2.24. The summed E-state index contributed by atoms with van der Waals surface area (Å²) >= 11 is 0. The Morgan fingerprint density at radius 2 is 1.93 bits per heavy atom. The molecule has 1 aliphatic heterocycles. The zero-order valence-corrected chi connectivity index (χ0v) is 14.6. The van der Waals surface area contributed by atoms with Crippen molar-refractivity contribution >= 4 is 16.8 Å². The maximum Gasteiger partial charge on any atom is 0.255 e. The molecule has 132 valence electrons. The number of rotatable bonds is 2. The van der Waals surface area contributed by atoms with Gasteiger partial charge in [0.25, 0.3) is 5.91 Å². The van der Waals surface area contributed by atoms with E-state index in [2.05, 4.69) is 14.5 Å². The molecule has 0 aliphatic carbocycles. The number of carbonyl (C=O) groups is 1. The second-order valence-electron chi connectivity index (χ2n) is 6.62. The highest BCUT2D eigenvalue weighted by molar-refractivity contribution is 6.07. The fraction of sp³-hybridized carbons (Fsp3) is 0.143. The molecular formula is C21H17N5O. The van der Waals surface area contributed by atoms with Crippen molar-refractivity contribution < 1.29 is 4.79 Å². The van der Waals surface area contributed by atoms with Gasteiger partial charge in [-0.05, 0) is 24.3 Å². The van der Waals surface area contributed by atoms with Crippen LogP contribution in [0.25, 0.3) is 22.2 Å². The minimum Gasteiger partial charge on any atom is -0.331 e. The molecule has 0 saturated carbocycles. The van der Waals surface area contributed by atoms with Gasteiger partial charge in [0.1, 0.15) is 0 Å². The number of aromatic nitrogens is 4. The number of amides is 1. The summed E-state index contributed by atoms with van der Waals surface area (Å²) < 4.78 is 2.09. The van der Waals surface area contributed by atoms with Crippen LogP contribution in [0.15, 0.2) is 67.4 Å². The first-order chi connectivity index (χ1) is 13.3. The Balaban J connectivity index is 1.60. The van der Waals surface area contributed by atoms with E-state index >= 15 is 0 Å². The lowest BCUT2D eigenvalue weighted by Crippen LogP contribution is -2.38. The van der Waals surface area contributed by atoms with Crippen molar-refractivity contribution in [2.75, 3.05) is 6.54 Å². The largest absolute Gasteiger partial charge is 0.331 e. The van der Waals surface area contributed by atoms with Crippen LogP contribution in [0.2, 0.25) is 0 Å². The lowest BCUT2D eigenvalue weighted by molar-refractivity contribution is 0.0713. The summed E-state index contributed by atoms with van der Waals surface area (Å²) in [5.41, 5.74) is 4.19. The molecule has 1 aliphatic rings. The molecule has 3 aromatic heterocycles. The number of nitrogens with zero attached hydrogens (tertiary/aromatic N) is 5. The minimum absolute atomic E-state index is 0.0196. The van der Waals surface area contributed by atoms with E-state index in [1.165, 1.54) is 0 Å². The molecular weight excluding hydrogens is 338 g/mol. The van der Waals surface area contributed by atoms with Gasteiger partial charge < -0.3 is 9.47 Å². The molecule has 4 heterocycles. The summed E-state index contributed by atoms with van der Waals surface area (Å²) in [5, 5.41) is 0.870. The second-order valence-corrected chi connectivity index (χ2v) is 6.62. The number of carbonyl (C=O) groups excluding carboxylic acids is 1. The van der Waals surface area contributed by atoms with E-state index in [4.69, 9.17) is 4.98 Å². The van der Waals surface area contributed by atoms with E-state index in [0.29, 0.717) is 18.7 Å². The first-order valence-electron chi connectivity index (χ1n) is 8.88. The predicted molar refractivity (Wildman–Crippen MR) is 102 cm³/mol. The molecule has 1 aromatic carbocycles. The summed E-state index contributed by atoms with van der Waals surface area (Å²) in [5.74, 6) is 0.0196. The molecule has 0 N–H and O–H groups in total. The third kappa shape index (κ3) is 2.75. The average molecular weight is 355 g/mol. The normalized spacial score (nSPS) is 13.6. The van der Waals surface area contributed by atoms with Crippen LogP contribution in [0.4, 0.5) is 0 Å². The molecule has 0 spiro atoms. The average Bonchev–Trinajstić information content (AvgIpc) is 3.21. The molecule has 1 amide bonds. The number of para-hydroxylation sites is 1. The highest BCUT2D eigenvalue weighted by atomic mass is 16.2. The Kier molecular flexibility index (Phi) is 3.67. The molecule has 0 saturated heterocycles. The van der Waals surface area contributed by atoms with E-state index in [1.54, 1.807) is 12.4 Å². The van der Waals surface area contributed by atoms with Crippen molar-refractivity contribution in [2.45, 2.75) is 13.1 Å². The van der Waals surface area contributed by atoms with Gasteiger partial charge in [0.2, 0.25) is 0 Å². The van der Waals surface area contributed by atoms with Gasteiger partial charge in [-0.3, -0.25) is 9.78 Å². The third-order valence-corrected chi connectivity index (χ3v) is 4.95. The summed E-state index contributed by atoms with van der Waals surface area (Å²) in [4.78, 5) is 28.4. The van der Waals surface area contributed by atoms with Gasteiger partial charge in [-0.15, -0.1) is 0 Å². The van der Waals surface area contributed by atoms with E-state index in [0.717, 1.165) is 34.4 Å². The monoisotopic (exact) mass is 355 g/mol. The summed E-state index contributed by atoms with van der Waals surface area (Å²) in [6.45, 7) is 2.00. The summed E-state index contributed by atoms with van der Waals surface area (Å²) in [7, 11) is 0. The molecule has 0 radical (unpaired) electrons. The minimum atomic E-state index is 0.0196. The van der Waals surface area contributed by atoms with E-state index in [1.807, 2.05) is 59.9 Å². The number of benzene rings is 1. The molecule has 4 aromatic rings. The van der Waals surface area contributed by atoms with Gasteiger partial charge in [-0.1, -0.05) is 18.2 Å². The first kappa shape index (κ1) is 15.7. The van der Waals surface area contributed by atoms with Gasteiger partial charge in [0, 0.05) is 42.6 Å². The Morgan fingerprint density at radius 3 is 2.81 bits per heavy atom.